The smallest absolute Gasteiger partial charge is 0.298 e. The van der Waals surface area contributed by atoms with Crippen molar-refractivity contribution in [2.24, 2.45) is 0 Å². The molecule has 4 nitrogen and oxygen atoms in total. The topological polar surface area (TPSA) is 54.9 Å². The van der Waals surface area contributed by atoms with Gasteiger partial charge in [0.1, 0.15) is 4.83 Å². The zero-order chi connectivity index (χ0) is 11.0. The van der Waals surface area contributed by atoms with Crippen LogP contribution in [0.4, 0.5) is 0 Å². The maximum absolute atomic E-state index is 12.0. The Balaban J connectivity index is 2.88. The average molecular weight is 224 g/mol. The van der Waals surface area contributed by atoms with Gasteiger partial charge in [0.25, 0.3) is 5.56 Å². The van der Waals surface area contributed by atoms with Gasteiger partial charge >= 0.3 is 5.69 Å². The Hall–Kier alpha value is -1.36. The second kappa shape index (κ2) is 3.66. The largest absolute Gasteiger partial charge is 0.329 e. The highest BCUT2D eigenvalue weighted by Gasteiger charge is 2.10. The van der Waals surface area contributed by atoms with Crippen LogP contribution >= 0.6 is 11.3 Å². The van der Waals surface area contributed by atoms with E-state index in [-0.39, 0.29) is 11.2 Å². The molecular weight excluding hydrogens is 212 g/mol. The Morgan fingerprint density at radius 1 is 1.47 bits per heavy atom. The van der Waals surface area contributed by atoms with Crippen molar-refractivity contribution in [3.05, 3.63) is 31.8 Å². The minimum atomic E-state index is -0.309. The molecule has 0 aliphatic carbocycles. The third-order valence-corrected chi connectivity index (χ3v) is 3.36. The summed E-state index contributed by atoms with van der Waals surface area (Å²) in [4.78, 5) is 26.9. The van der Waals surface area contributed by atoms with Crippen molar-refractivity contribution in [2.45, 2.75) is 26.8 Å². The first-order valence-corrected chi connectivity index (χ1v) is 5.74. The molecule has 5 heteroatoms. The maximum atomic E-state index is 12.0. The van der Waals surface area contributed by atoms with E-state index in [4.69, 9.17) is 0 Å². The summed E-state index contributed by atoms with van der Waals surface area (Å²) in [5.74, 6) is 0. The van der Waals surface area contributed by atoms with Crippen LogP contribution in [0.25, 0.3) is 10.2 Å². The number of rotatable bonds is 2. The van der Waals surface area contributed by atoms with Crippen molar-refractivity contribution in [3.63, 3.8) is 0 Å². The van der Waals surface area contributed by atoms with Crippen LogP contribution in [-0.2, 0) is 6.54 Å². The SMILES string of the molecule is CCCn1c(=O)[nH]c2scc(C)c2c1=O. The molecule has 80 valence electrons. The molecule has 0 spiro atoms. The highest BCUT2D eigenvalue weighted by Crippen LogP contribution is 2.18. The number of nitrogens with one attached hydrogen (secondary N) is 1. The number of thiophene rings is 1. The first-order chi connectivity index (χ1) is 7.15. The Morgan fingerprint density at radius 3 is 2.87 bits per heavy atom. The van der Waals surface area contributed by atoms with E-state index in [0.717, 1.165) is 12.0 Å². The Bertz CT molecular complexity index is 606. The lowest BCUT2D eigenvalue weighted by Crippen LogP contribution is -2.34. The zero-order valence-electron chi connectivity index (χ0n) is 8.66. The lowest BCUT2D eigenvalue weighted by Gasteiger charge is -2.01. The molecule has 2 aromatic rings. The van der Waals surface area contributed by atoms with Gasteiger partial charge in [0.2, 0.25) is 0 Å². The molecular formula is C10H12N2O2S. The molecule has 2 rings (SSSR count). The van der Waals surface area contributed by atoms with E-state index in [1.807, 2.05) is 19.2 Å². The molecule has 1 N–H and O–H groups in total. The molecule has 0 fully saturated rings. The molecule has 15 heavy (non-hydrogen) atoms. The van der Waals surface area contributed by atoms with Crippen molar-refractivity contribution in [1.82, 2.24) is 9.55 Å². The van der Waals surface area contributed by atoms with Crippen LogP contribution in [0, 0.1) is 6.92 Å². The van der Waals surface area contributed by atoms with Crippen LogP contribution in [0.1, 0.15) is 18.9 Å². The van der Waals surface area contributed by atoms with Gasteiger partial charge in [0.05, 0.1) is 5.39 Å². The predicted octanol–water partition coefficient (Wildman–Crippen LogP) is 1.47. The highest BCUT2D eigenvalue weighted by atomic mass is 32.1. The summed E-state index contributed by atoms with van der Waals surface area (Å²) in [7, 11) is 0. The molecule has 0 bridgehead atoms. The van der Waals surface area contributed by atoms with Gasteiger partial charge in [-0.15, -0.1) is 11.3 Å². The minimum Gasteiger partial charge on any atom is -0.298 e. The van der Waals surface area contributed by atoms with Crippen molar-refractivity contribution >= 4 is 21.6 Å². The van der Waals surface area contributed by atoms with Gasteiger partial charge in [0, 0.05) is 6.54 Å². The summed E-state index contributed by atoms with van der Waals surface area (Å²) in [6.45, 7) is 4.30. The van der Waals surface area contributed by atoms with Crippen LogP contribution < -0.4 is 11.2 Å². The quantitative estimate of drug-likeness (QED) is 0.839. The fraction of sp³-hybridized carbons (Fsp3) is 0.400. The number of H-pyrrole nitrogens is 1. The summed E-state index contributed by atoms with van der Waals surface area (Å²) < 4.78 is 1.27. The standard InChI is InChI=1S/C10H12N2O2S/c1-3-4-12-9(13)7-6(2)5-15-8(7)11-10(12)14/h5H,3-4H2,1-2H3,(H,11,14). The average Bonchev–Trinajstić information content (AvgIpc) is 2.54. The lowest BCUT2D eigenvalue weighted by atomic mass is 10.3. The predicted molar refractivity (Wildman–Crippen MR) is 61.7 cm³/mol. The number of hydrogen-bond donors (Lipinski definition) is 1. The van der Waals surface area contributed by atoms with Crippen LogP contribution in [0.3, 0.4) is 0 Å². The summed E-state index contributed by atoms with van der Waals surface area (Å²) in [6.07, 6.45) is 0.775. The van der Waals surface area contributed by atoms with E-state index in [9.17, 15) is 9.59 Å². The number of nitrogens with zero attached hydrogens (tertiary/aromatic N) is 1. The number of fused-ring (bicyclic) bond motifs is 1. The van der Waals surface area contributed by atoms with Gasteiger partial charge < -0.3 is 0 Å². The number of aromatic nitrogens is 2. The van der Waals surface area contributed by atoms with E-state index >= 15 is 0 Å². The third-order valence-electron chi connectivity index (χ3n) is 2.35. The highest BCUT2D eigenvalue weighted by molar-refractivity contribution is 7.16. The molecule has 0 amide bonds. The van der Waals surface area contributed by atoms with Gasteiger partial charge in [-0.1, -0.05) is 6.92 Å². The fourth-order valence-electron chi connectivity index (χ4n) is 1.62. The van der Waals surface area contributed by atoms with Gasteiger partial charge in [0.15, 0.2) is 0 Å². The second-order valence-corrected chi connectivity index (χ2v) is 4.39. The molecule has 0 saturated heterocycles. The molecule has 0 aliphatic heterocycles. The van der Waals surface area contributed by atoms with E-state index in [2.05, 4.69) is 4.98 Å². The van der Waals surface area contributed by atoms with E-state index in [1.54, 1.807) is 0 Å². The normalized spacial score (nSPS) is 11.1. The summed E-state index contributed by atoms with van der Waals surface area (Å²) in [5.41, 5.74) is 0.451. The second-order valence-electron chi connectivity index (χ2n) is 3.51. The monoisotopic (exact) mass is 224 g/mol. The van der Waals surface area contributed by atoms with Crippen LogP contribution in [-0.4, -0.2) is 9.55 Å². The molecule has 2 aromatic heterocycles. The Morgan fingerprint density at radius 2 is 2.20 bits per heavy atom. The van der Waals surface area contributed by atoms with Crippen LogP contribution in [0.5, 0.6) is 0 Å². The van der Waals surface area contributed by atoms with Crippen LogP contribution in [0.2, 0.25) is 0 Å². The first kappa shape index (κ1) is 10.2. The minimum absolute atomic E-state index is 0.172. The molecule has 0 aliphatic rings. The van der Waals surface area contributed by atoms with Crippen molar-refractivity contribution < 1.29 is 0 Å². The number of aryl methyl sites for hydroxylation is 1. The molecule has 0 radical (unpaired) electrons. The van der Waals surface area contributed by atoms with Crippen LogP contribution in [0.15, 0.2) is 15.0 Å². The van der Waals surface area contributed by atoms with E-state index in [1.165, 1.54) is 15.9 Å². The lowest BCUT2D eigenvalue weighted by molar-refractivity contribution is 0.623. The summed E-state index contributed by atoms with van der Waals surface area (Å²) >= 11 is 1.40. The first-order valence-electron chi connectivity index (χ1n) is 4.86. The van der Waals surface area contributed by atoms with E-state index in [0.29, 0.717) is 16.8 Å². The molecule has 0 aromatic carbocycles. The molecule has 2 heterocycles. The van der Waals surface area contributed by atoms with Crippen molar-refractivity contribution in [1.29, 1.82) is 0 Å². The summed E-state index contributed by atoms with van der Waals surface area (Å²) in [6, 6.07) is 0. The Kier molecular flexibility index (Phi) is 2.48. The van der Waals surface area contributed by atoms with Gasteiger partial charge in [-0.2, -0.15) is 0 Å². The zero-order valence-corrected chi connectivity index (χ0v) is 9.48. The Labute approximate surface area is 90.2 Å². The molecule has 0 atom stereocenters. The fourth-order valence-corrected chi connectivity index (χ4v) is 2.55. The number of hydrogen-bond acceptors (Lipinski definition) is 3. The van der Waals surface area contributed by atoms with Gasteiger partial charge in [-0.3, -0.25) is 14.3 Å². The summed E-state index contributed by atoms with van der Waals surface area (Å²) in [5, 5.41) is 2.53. The van der Waals surface area contributed by atoms with Crippen molar-refractivity contribution in [2.75, 3.05) is 0 Å². The van der Waals surface area contributed by atoms with Crippen molar-refractivity contribution in [3.8, 4) is 0 Å². The van der Waals surface area contributed by atoms with Gasteiger partial charge in [-0.25, -0.2) is 4.79 Å². The molecule has 0 unspecified atom stereocenters. The van der Waals surface area contributed by atoms with Gasteiger partial charge in [-0.05, 0) is 24.3 Å². The van der Waals surface area contributed by atoms with E-state index < -0.39 is 0 Å². The number of aromatic amines is 1. The third kappa shape index (κ3) is 1.52. The maximum Gasteiger partial charge on any atom is 0.329 e. The molecule has 0 saturated carbocycles.